The number of piperazine rings is 1. The van der Waals surface area contributed by atoms with Crippen LogP contribution in [0.1, 0.15) is 18.9 Å². The molecule has 2 rings (SSSR count). The van der Waals surface area contributed by atoms with E-state index in [0.29, 0.717) is 39.1 Å². The molecule has 0 saturated carbocycles. The van der Waals surface area contributed by atoms with Gasteiger partial charge >= 0.3 is 0 Å². The fraction of sp³-hybridized carbons (Fsp3) is 0.571. The largest absolute Gasteiger partial charge is 0.296 e. The van der Waals surface area contributed by atoms with Crippen molar-refractivity contribution in [1.82, 2.24) is 9.21 Å². The zero-order valence-corrected chi connectivity index (χ0v) is 12.6. The average Bonchev–Trinajstić information content (AvgIpc) is 2.39. The summed E-state index contributed by atoms with van der Waals surface area (Å²) in [4.78, 5) is 2.16. The van der Waals surface area contributed by atoms with Crippen LogP contribution in [0.4, 0.5) is 4.39 Å². The van der Waals surface area contributed by atoms with Crippen molar-refractivity contribution in [3.63, 3.8) is 0 Å². The lowest BCUT2D eigenvalue weighted by Crippen LogP contribution is -2.48. The summed E-state index contributed by atoms with van der Waals surface area (Å²) in [5.41, 5.74) is 0.926. The van der Waals surface area contributed by atoms with Gasteiger partial charge in [-0.15, -0.1) is 0 Å². The first kappa shape index (κ1) is 15.4. The van der Waals surface area contributed by atoms with Gasteiger partial charge in [-0.25, -0.2) is 12.8 Å². The van der Waals surface area contributed by atoms with Gasteiger partial charge in [-0.1, -0.05) is 19.1 Å². The molecule has 0 N–H and O–H groups in total. The average molecular weight is 300 g/mol. The Hall–Kier alpha value is -0.980. The van der Waals surface area contributed by atoms with Gasteiger partial charge in [0.15, 0.2) is 0 Å². The molecule has 0 atom stereocenters. The SMILES string of the molecule is CCCS(=O)(=O)N1CCN(Cc2cccc(F)c2)CC1. The van der Waals surface area contributed by atoms with E-state index in [1.165, 1.54) is 12.1 Å². The molecule has 20 heavy (non-hydrogen) atoms. The van der Waals surface area contributed by atoms with Crippen LogP contribution in [-0.2, 0) is 16.6 Å². The highest BCUT2D eigenvalue weighted by molar-refractivity contribution is 7.89. The van der Waals surface area contributed by atoms with Crippen LogP contribution in [0, 0.1) is 5.82 Å². The Labute approximate surface area is 120 Å². The third kappa shape index (κ3) is 4.01. The van der Waals surface area contributed by atoms with E-state index < -0.39 is 10.0 Å². The van der Waals surface area contributed by atoms with E-state index in [4.69, 9.17) is 0 Å². The number of hydrogen-bond donors (Lipinski definition) is 0. The number of benzene rings is 1. The van der Waals surface area contributed by atoms with E-state index >= 15 is 0 Å². The van der Waals surface area contributed by atoms with E-state index in [2.05, 4.69) is 4.90 Å². The van der Waals surface area contributed by atoms with Crippen molar-refractivity contribution < 1.29 is 12.8 Å². The van der Waals surface area contributed by atoms with Crippen molar-refractivity contribution in [2.75, 3.05) is 31.9 Å². The molecule has 0 spiro atoms. The summed E-state index contributed by atoms with van der Waals surface area (Å²) in [7, 11) is -3.09. The normalized spacial score (nSPS) is 18.3. The fourth-order valence-electron chi connectivity index (χ4n) is 2.45. The molecule has 1 heterocycles. The molecule has 1 aliphatic rings. The van der Waals surface area contributed by atoms with Crippen LogP contribution in [0.2, 0.25) is 0 Å². The Morgan fingerprint density at radius 2 is 1.90 bits per heavy atom. The number of sulfonamides is 1. The molecule has 1 fully saturated rings. The van der Waals surface area contributed by atoms with Gasteiger partial charge in [-0.3, -0.25) is 4.90 Å². The second kappa shape index (κ2) is 6.65. The summed E-state index contributed by atoms with van der Waals surface area (Å²) in [6.45, 7) is 4.98. The molecule has 0 bridgehead atoms. The lowest BCUT2D eigenvalue weighted by Gasteiger charge is -2.34. The monoisotopic (exact) mass is 300 g/mol. The summed E-state index contributed by atoms with van der Waals surface area (Å²) in [5.74, 6) is -0.0108. The van der Waals surface area contributed by atoms with Crippen molar-refractivity contribution in [3.05, 3.63) is 35.6 Å². The standard InChI is InChI=1S/C14H21FN2O2S/c1-2-10-20(18,19)17-8-6-16(7-9-17)12-13-4-3-5-14(15)11-13/h3-5,11H,2,6-10,12H2,1H3. The van der Waals surface area contributed by atoms with Crippen LogP contribution in [0.5, 0.6) is 0 Å². The van der Waals surface area contributed by atoms with Gasteiger partial charge in [0.25, 0.3) is 0 Å². The van der Waals surface area contributed by atoms with Crippen molar-refractivity contribution in [1.29, 1.82) is 0 Å². The Balaban J connectivity index is 1.89. The Morgan fingerprint density at radius 1 is 1.20 bits per heavy atom. The number of nitrogens with zero attached hydrogens (tertiary/aromatic N) is 2. The first-order valence-electron chi connectivity index (χ1n) is 6.96. The molecular formula is C14H21FN2O2S. The number of hydrogen-bond acceptors (Lipinski definition) is 3. The maximum Gasteiger partial charge on any atom is 0.214 e. The predicted octanol–water partition coefficient (Wildman–Crippen LogP) is 1.68. The van der Waals surface area contributed by atoms with Gasteiger partial charge < -0.3 is 0 Å². The fourth-order valence-corrected chi connectivity index (χ4v) is 3.94. The highest BCUT2D eigenvalue weighted by Gasteiger charge is 2.25. The molecule has 112 valence electrons. The smallest absolute Gasteiger partial charge is 0.214 e. The van der Waals surface area contributed by atoms with Crippen molar-refractivity contribution >= 4 is 10.0 Å². The Kier molecular flexibility index (Phi) is 5.12. The van der Waals surface area contributed by atoms with E-state index in [1.54, 1.807) is 10.4 Å². The lowest BCUT2D eigenvalue weighted by molar-refractivity contribution is 0.181. The minimum atomic E-state index is -3.09. The second-order valence-electron chi connectivity index (χ2n) is 5.12. The van der Waals surface area contributed by atoms with Gasteiger partial charge in [0.2, 0.25) is 10.0 Å². The number of rotatable bonds is 5. The third-order valence-electron chi connectivity index (χ3n) is 3.48. The topological polar surface area (TPSA) is 40.6 Å². The van der Waals surface area contributed by atoms with Crippen molar-refractivity contribution in [3.8, 4) is 0 Å². The van der Waals surface area contributed by atoms with Gasteiger partial charge in [-0.05, 0) is 24.1 Å². The van der Waals surface area contributed by atoms with Crippen LogP contribution in [0.3, 0.4) is 0 Å². The molecule has 1 saturated heterocycles. The lowest BCUT2D eigenvalue weighted by atomic mass is 10.2. The predicted molar refractivity (Wildman–Crippen MR) is 77.3 cm³/mol. The van der Waals surface area contributed by atoms with Crippen LogP contribution in [0.25, 0.3) is 0 Å². The van der Waals surface area contributed by atoms with Crippen LogP contribution < -0.4 is 0 Å². The van der Waals surface area contributed by atoms with E-state index in [9.17, 15) is 12.8 Å². The molecule has 6 heteroatoms. The molecular weight excluding hydrogens is 279 g/mol. The van der Waals surface area contributed by atoms with Gasteiger partial charge in [0.1, 0.15) is 5.82 Å². The highest BCUT2D eigenvalue weighted by atomic mass is 32.2. The van der Waals surface area contributed by atoms with E-state index in [1.807, 2.05) is 13.0 Å². The van der Waals surface area contributed by atoms with Crippen LogP contribution >= 0.6 is 0 Å². The molecule has 0 aromatic heterocycles. The van der Waals surface area contributed by atoms with E-state index in [0.717, 1.165) is 5.56 Å². The molecule has 1 aliphatic heterocycles. The van der Waals surface area contributed by atoms with Crippen LogP contribution in [-0.4, -0.2) is 49.6 Å². The quantitative estimate of drug-likeness (QED) is 0.831. The van der Waals surface area contributed by atoms with Gasteiger partial charge in [-0.2, -0.15) is 4.31 Å². The minimum Gasteiger partial charge on any atom is -0.296 e. The van der Waals surface area contributed by atoms with Gasteiger partial charge in [0, 0.05) is 32.7 Å². The summed E-state index contributed by atoms with van der Waals surface area (Å²) >= 11 is 0. The first-order valence-corrected chi connectivity index (χ1v) is 8.57. The maximum absolute atomic E-state index is 13.1. The molecule has 0 radical (unpaired) electrons. The zero-order chi connectivity index (χ0) is 14.6. The molecule has 4 nitrogen and oxygen atoms in total. The van der Waals surface area contributed by atoms with Crippen molar-refractivity contribution in [2.24, 2.45) is 0 Å². The minimum absolute atomic E-state index is 0.219. The van der Waals surface area contributed by atoms with Crippen molar-refractivity contribution in [2.45, 2.75) is 19.9 Å². The summed E-state index contributed by atoms with van der Waals surface area (Å²) in [6, 6.07) is 6.55. The molecule has 1 aromatic carbocycles. The maximum atomic E-state index is 13.1. The Morgan fingerprint density at radius 3 is 2.50 bits per heavy atom. The second-order valence-corrected chi connectivity index (χ2v) is 7.21. The molecule has 1 aromatic rings. The van der Waals surface area contributed by atoms with Crippen LogP contribution in [0.15, 0.2) is 24.3 Å². The Bertz CT molecular complexity index is 540. The summed E-state index contributed by atoms with van der Waals surface area (Å²) in [5, 5.41) is 0. The third-order valence-corrected chi connectivity index (χ3v) is 5.56. The summed E-state index contributed by atoms with van der Waals surface area (Å²) < 4.78 is 38.6. The molecule has 0 unspecified atom stereocenters. The summed E-state index contributed by atoms with van der Waals surface area (Å²) in [6.07, 6.45) is 0.645. The first-order chi connectivity index (χ1) is 9.51. The zero-order valence-electron chi connectivity index (χ0n) is 11.8. The van der Waals surface area contributed by atoms with E-state index in [-0.39, 0.29) is 11.6 Å². The number of halogens is 1. The molecule has 0 aliphatic carbocycles. The van der Waals surface area contributed by atoms with Gasteiger partial charge in [0.05, 0.1) is 5.75 Å². The molecule has 0 amide bonds. The highest BCUT2D eigenvalue weighted by Crippen LogP contribution is 2.13.